The number of non-ortho nitro benzene ring substituents is 2. The second-order valence-corrected chi connectivity index (χ2v) is 14.6. The fourth-order valence-corrected chi connectivity index (χ4v) is 6.20. The standard InChI is InChI=1S/C26H20N8O16S3/c35-22-11-16(34(40)41)5-7-18(22)28-31-21-13-20(30-27-14-1-3-15(4-2-14)33(38)39)25(36)24(26(21)37)32-29-19-8-6-17(12-23(19)52(44,45)46)51(42,43)10-9-50-53(47,48)49/h1-8,11-13,27,29,35H,9-10H2,(H,44,45,46)(H,47,48,49). The van der Waals surface area contributed by atoms with E-state index in [-0.39, 0.29) is 17.1 Å². The molecule has 0 atom stereocenters. The van der Waals surface area contributed by atoms with Crippen LogP contribution in [0.2, 0.25) is 0 Å². The molecule has 53 heavy (non-hydrogen) atoms. The molecule has 0 spiro atoms. The summed E-state index contributed by atoms with van der Waals surface area (Å²) in [6.07, 6.45) is 0. The lowest BCUT2D eigenvalue weighted by molar-refractivity contribution is -0.385. The van der Waals surface area contributed by atoms with Crippen molar-refractivity contribution < 1.29 is 53.5 Å². The number of nitro benzene ring substituents is 2. The number of rotatable bonds is 14. The highest BCUT2D eigenvalue weighted by Gasteiger charge is 2.23. The molecule has 24 nitrogen and oxygen atoms in total. The van der Waals surface area contributed by atoms with E-state index in [4.69, 9.17) is 4.55 Å². The van der Waals surface area contributed by atoms with E-state index in [0.29, 0.717) is 6.07 Å². The fraction of sp³-hybridized carbons (Fsp3) is 0.0769. The van der Waals surface area contributed by atoms with Crippen molar-refractivity contribution in [2.24, 2.45) is 20.4 Å². The number of nitrogens with one attached hydrogen (secondary N) is 2. The quantitative estimate of drug-likeness (QED) is 0.0512. The number of benzene rings is 4. The van der Waals surface area contributed by atoms with Crippen LogP contribution in [0, 0.1) is 20.2 Å². The Hall–Kier alpha value is -6.39. The zero-order valence-corrected chi connectivity index (χ0v) is 28.3. The third-order valence-corrected chi connectivity index (χ3v) is 9.48. The number of anilines is 2. The van der Waals surface area contributed by atoms with Crippen LogP contribution in [0.4, 0.5) is 34.1 Å². The molecule has 0 bridgehead atoms. The minimum atomic E-state index is -5.28. The molecular formula is C26H20N8O16S3. The van der Waals surface area contributed by atoms with Crippen LogP contribution in [0.1, 0.15) is 0 Å². The minimum Gasteiger partial charge on any atom is -0.505 e. The van der Waals surface area contributed by atoms with Gasteiger partial charge >= 0.3 is 10.4 Å². The number of phenolic OH excluding ortho intramolecular Hbond substituents is 1. The number of hydrogen-bond donors (Lipinski definition) is 5. The van der Waals surface area contributed by atoms with Crippen molar-refractivity contribution in [3.8, 4) is 5.75 Å². The number of nitro groups is 2. The summed E-state index contributed by atoms with van der Waals surface area (Å²) < 4.78 is 93.5. The van der Waals surface area contributed by atoms with Crippen LogP contribution >= 0.6 is 0 Å². The van der Waals surface area contributed by atoms with Crippen LogP contribution in [0.3, 0.4) is 0 Å². The number of nitrogens with zero attached hydrogens (tertiary/aromatic N) is 6. The van der Waals surface area contributed by atoms with Gasteiger partial charge in [-0.15, -0.1) is 10.2 Å². The molecule has 4 aromatic carbocycles. The van der Waals surface area contributed by atoms with Gasteiger partial charge in [0.1, 0.15) is 27.4 Å². The molecule has 0 saturated carbocycles. The second kappa shape index (κ2) is 15.5. The summed E-state index contributed by atoms with van der Waals surface area (Å²) in [7, 11) is -14.8. The largest absolute Gasteiger partial charge is 0.505 e. The smallest absolute Gasteiger partial charge is 0.397 e. The Labute approximate surface area is 294 Å². The van der Waals surface area contributed by atoms with E-state index in [1.54, 1.807) is 0 Å². The van der Waals surface area contributed by atoms with Gasteiger partial charge in [0.05, 0.1) is 44.5 Å². The zero-order chi connectivity index (χ0) is 39.3. The van der Waals surface area contributed by atoms with E-state index in [1.165, 1.54) is 12.1 Å². The lowest BCUT2D eigenvalue weighted by Crippen LogP contribution is -2.48. The topological polar surface area (TPSA) is 366 Å². The van der Waals surface area contributed by atoms with E-state index < -0.39 is 107 Å². The van der Waals surface area contributed by atoms with Crippen molar-refractivity contribution >= 4 is 64.5 Å². The van der Waals surface area contributed by atoms with Crippen molar-refractivity contribution in [3.63, 3.8) is 0 Å². The van der Waals surface area contributed by atoms with Gasteiger partial charge in [-0.05, 0) is 36.4 Å². The van der Waals surface area contributed by atoms with E-state index >= 15 is 0 Å². The summed E-state index contributed by atoms with van der Waals surface area (Å²) in [6, 6.07) is 10.1. The maximum absolute atomic E-state index is 13.3. The fourth-order valence-electron chi connectivity index (χ4n) is 3.95. The van der Waals surface area contributed by atoms with Gasteiger partial charge in [0.15, 0.2) is 15.2 Å². The van der Waals surface area contributed by atoms with Crippen molar-refractivity contribution in [3.05, 3.63) is 118 Å². The first-order chi connectivity index (χ1) is 24.7. The third kappa shape index (κ3) is 10.1. The molecule has 0 aliphatic rings. The molecule has 4 aromatic rings. The third-order valence-electron chi connectivity index (χ3n) is 6.45. The van der Waals surface area contributed by atoms with Gasteiger partial charge in [-0.25, -0.2) is 12.6 Å². The van der Waals surface area contributed by atoms with E-state index in [2.05, 4.69) is 35.5 Å². The van der Waals surface area contributed by atoms with Crippen LogP contribution in [0.15, 0.2) is 107 Å². The molecule has 0 aromatic heterocycles. The first kappa shape index (κ1) is 39.4. The zero-order valence-electron chi connectivity index (χ0n) is 25.8. The molecule has 0 amide bonds. The Morgan fingerprint density at radius 3 is 1.94 bits per heavy atom. The van der Waals surface area contributed by atoms with Gasteiger partial charge in [-0.2, -0.15) is 27.0 Å². The van der Waals surface area contributed by atoms with Gasteiger partial charge in [-0.1, -0.05) is 0 Å². The van der Waals surface area contributed by atoms with Crippen LogP contribution in [0.25, 0.3) is 0 Å². The number of phenols is 1. The number of sulfone groups is 1. The summed E-state index contributed by atoms with van der Waals surface area (Å²) in [5.74, 6) is -1.80. The summed E-state index contributed by atoms with van der Waals surface area (Å²) in [6.45, 7) is -1.07. The molecule has 0 fully saturated rings. The first-order valence-electron chi connectivity index (χ1n) is 13.7. The molecule has 27 heteroatoms. The number of aromatic hydroxyl groups is 1. The Bertz CT molecular complexity index is 2730. The number of azo groups is 1. The molecule has 4 rings (SSSR count). The van der Waals surface area contributed by atoms with Gasteiger partial charge < -0.3 is 5.11 Å². The minimum absolute atomic E-state index is 0.120. The molecule has 0 saturated heterocycles. The monoisotopic (exact) mass is 796 g/mol. The van der Waals surface area contributed by atoms with Crippen LogP contribution in [-0.2, 0) is 34.5 Å². The maximum Gasteiger partial charge on any atom is 0.397 e. The van der Waals surface area contributed by atoms with Gasteiger partial charge in [-0.3, -0.25) is 49.8 Å². The average molecular weight is 797 g/mol. The van der Waals surface area contributed by atoms with Crippen molar-refractivity contribution in [1.82, 2.24) is 0 Å². The van der Waals surface area contributed by atoms with Gasteiger partial charge in [0.2, 0.25) is 10.9 Å². The van der Waals surface area contributed by atoms with Gasteiger partial charge in [0.25, 0.3) is 21.5 Å². The maximum atomic E-state index is 13.3. The van der Waals surface area contributed by atoms with E-state index in [9.17, 15) is 64.7 Å². The summed E-state index contributed by atoms with van der Waals surface area (Å²) in [5, 5.41) is 45.2. The van der Waals surface area contributed by atoms with E-state index in [1.807, 2.05) is 0 Å². The molecular weight excluding hydrogens is 777 g/mol. The first-order valence-corrected chi connectivity index (χ1v) is 18.2. The van der Waals surface area contributed by atoms with Crippen molar-refractivity contribution in [2.75, 3.05) is 23.2 Å². The second-order valence-electron chi connectivity index (χ2n) is 10.0. The average Bonchev–Trinajstić information content (AvgIpc) is 3.06. The molecule has 0 radical (unpaired) electrons. The summed E-state index contributed by atoms with van der Waals surface area (Å²) in [5.41, 5.74) is -0.440. The van der Waals surface area contributed by atoms with Crippen LogP contribution in [-0.4, -0.2) is 61.7 Å². The Kier molecular flexibility index (Phi) is 11.5. The van der Waals surface area contributed by atoms with Crippen molar-refractivity contribution in [1.29, 1.82) is 0 Å². The Morgan fingerprint density at radius 1 is 0.736 bits per heavy atom. The summed E-state index contributed by atoms with van der Waals surface area (Å²) in [4.78, 5) is 45.2. The van der Waals surface area contributed by atoms with Crippen molar-refractivity contribution in [2.45, 2.75) is 9.79 Å². The molecule has 0 aliphatic heterocycles. The molecule has 0 unspecified atom stereocenters. The van der Waals surface area contributed by atoms with E-state index in [0.717, 1.165) is 48.5 Å². The van der Waals surface area contributed by atoms with Crippen LogP contribution in [0.5, 0.6) is 5.75 Å². The number of hydrogen-bond acceptors (Lipinski definition) is 20. The lowest BCUT2D eigenvalue weighted by atomic mass is 10.2. The molecule has 5 N–H and O–H groups in total. The Balaban J connectivity index is 1.83. The van der Waals surface area contributed by atoms with Crippen LogP contribution < -0.4 is 32.4 Å². The molecule has 0 heterocycles. The van der Waals surface area contributed by atoms with Gasteiger partial charge in [0, 0.05) is 24.3 Å². The highest BCUT2D eigenvalue weighted by atomic mass is 32.3. The highest BCUT2D eigenvalue weighted by Crippen LogP contribution is 2.31. The Morgan fingerprint density at radius 2 is 1.36 bits per heavy atom. The molecule has 0 aliphatic carbocycles. The normalized spacial score (nSPS) is 12.9. The SMILES string of the molecule is O=c1c(N=Nc2ccc([N+](=O)[O-])cc2O)cc(=NNc2ccc([N+](=O)[O-])cc2)c(=O)c1=NNc1ccc(S(=O)(=O)CCOS(=O)(=O)O)cc1S(=O)(=O)O. The predicted molar refractivity (Wildman–Crippen MR) is 178 cm³/mol. The predicted octanol–water partition coefficient (Wildman–Crippen LogP) is 0.915. The molecule has 278 valence electrons. The highest BCUT2D eigenvalue weighted by molar-refractivity contribution is 7.91. The summed E-state index contributed by atoms with van der Waals surface area (Å²) >= 11 is 0. The lowest BCUT2D eigenvalue weighted by Gasteiger charge is -2.10.